The Hall–Kier alpha value is -0.620. The molecule has 0 spiro atoms. The second-order valence-corrected chi connectivity index (χ2v) is 8.07. The summed E-state index contributed by atoms with van der Waals surface area (Å²) in [6.45, 7) is 0. The van der Waals surface area contributed by atoms with Crippen LogP contribution < -0.4 is 0 Å². The number of alkyl halides is 1. The van der Waals surface area contributed by atoms with Crippen molar-refractivity contribution in [3.63, 3.8) is 0 Å². The fourth-order valence-corrected chi connectivity index (χ4v) is 5.76. The third-order valence-electron chi connectivity index (χ3n) is 3.44. The van der Waals surface area contributed by atoms with Gasteiger partial charge in [-0.05, 0) is 18.9 Å². The smallest absolute Gasteiger partial charge is 0.207 e. The van der Waals surface area contributed by atoms with E-state index in [9.17, 15) is 8.42 Å². The number of fused-ring (bicyclic) bond motifs is 1. The average molecular weight is 316 g/mol. The maximum Gasteiger partial charge on any atom is 0.244 e. The second-order valence-electron chi connectivity index (χ2n) is 4.74. The molecule has 0 bridgehead atoms. The molecule has 0 N–H and O–H groups in total. The molecule has 6 heteroatoms. The van der Waals surface area contributed by atoms with Gasteiger partial charge in [0.25, 0.3) is 0 Å². The summed E-state index contributed by atoms with van der Waals surface area (Å²) in [7, 11) is -1.78. The Balaban J connectivity index is 2.23. The molecule has 2 aromatic rings. The van der Waals surface area contributed by atoms with E-state index in [-0.39, 0.29) is 11.9 Å². The summed E-state index contributed by atoms with van der Waals surface area (Å²) in [6, 6.07) is 7.73. The van der Waals surface area contributed by atoms with Gasteiger partial charge in [-0.15, -0.1) is 22.9 Å². The van der Waals surface area contributed by atoms with Crippen LogP contribution in [0.5, 0.6) is 0 Å². The molecule has 1 aliphatic rings. The molecule has 0 radical (unpaired) electrons. The lowest BCUT2D eigenvalue weighted by molar-refractivity contribution is 0.465. The van der Waals surface area contributed by atoms with Gasteiger partial charge in [-0.25, -0.2) is 8.42 Å². The molecule has 3 nitrogen and oxygen atoms in total. The van der Waals surface area contributed by atoms with Crippen LogP contribution >= 0.6 is 22.9 Å². The van der Waals surface area contributed by atoms with E-state index in [1.807, 2.05) is 24.3 Å². The Kier molecular flexibility index (Phi) is 3.33. The zero-order chi connectivity index (χ0) is 13.6. The van der Waals surface area contributed by atoms with Gasteiger partial charge in [0.2, 0.25) is 10.0 Å². The number of nitrogens with zero attached hydrogens (tertiary/aromatic N) is 1. The molecule has 1 aliphatic carbocycles. The summed E-state index contributed by atoms with van der Waals surface area (Å²) in [5.74, 6) is 0.229. The minimum absolute atomic E-state index is 0.159. The van der Waals surface area contributed by atoms with E-state index in [4.69, 9.17) is 11.6 Å². The van der Waals surface area contributed by atoms with Gasteiger partial charge in [0.1, 0.15) is 4.90 Å². The second kappa shape index (κ2) is 4.74. The Morgan fingerprint density at radius 1 is 1.37 bits per heavy atom. The molecule has 1 saturated carbocycles. The third kappa shape index (κ3) is 2.18. The Morgan fingerprint density at radius 2 is 2.05 bits per heavy atom. The van der Waals surface area contributed by atoms with Crippen LogP contribution in [0.15, 0.2) is 29.2 Å². The van der Waals surface area contributed by atoms with E-state index in [1.165, 1.54) is 15.6 Å². The summed E-state index contributed by atoms with van der Waals surface area (Å²) in [4.78, 5) is 1.13. The first kappa shape index (κ1) is 13.4. The Morgan fingerprint density at radius 3 is 2.68 bits per heavy atom. The maximum atomic E-state index is 12.7. The van der Waals surface area contributed by atoms with E-state index in [0.29, 0.717) is 4.90 Å². The number of benzene rings is 1. The zero-order valence-corrected chi connectivity index (χ0v) is 12.9. The van der Waals surface area contributed by atoms with Crippen LogP contribution in [0.25, 0.3) is 10.1 Å². The number of sulfonamides is 1. The van der Waals surface area contributed by atoms with Crippen molar-refractivity contribution in [2.45, 2.75) is 29.7 Å². The fraction of sp³-hybridized carbons (Fsp3) is 0.385. The number of hydrogen-bond acceptors (Lipinski definition) is 3. The van der Waals surface area contributed by atoms with Crippen molar-refractivity contribution in [1.29, 1.82) is 0 Å². The average Bonchev–Trinajstić information content (AvgIpc) is 3.16. The van der Waals surface area contributed by atoms with Crippen molar-refractivity contribution < 1.29 is 8.42 Å². The molecule has 1 fully saturated rings. The topological polar surface area (TPSA) is 37.4 Å². The van der Waals surface area contributed by atoms with Crippen molar-refractivity contribution in [2.75, 3.05) is 7.05 Å². The highest BCUT2D eigenvalue weighted by molar-refractivity contribution is 7.89. The molecule has 102 valence electrons. The first-order valence-corrected chi connectivity index (χ1v) is 8.89. The van der Waals surface area contributed by atoms with Gasteiger partial charge in [-0.3, -0.25) is 0 Å². The molecule has 1 heterocycles. The lowest BCUT2D eigenvalue weighted by atomic mass is 10.2. The molecule has 0 saturated heterocycles. The van der Waals surface area contributed by atoms with E-state index < -0.39 is 10.0 Å². The zero-order valence-electron chi connectivity index (χ0n) is 10.5. The summed E-state index contributed by atoms with van der Waals surface area (Å²) in [6.07, 6.45) is 1.90. The lowest BCUT2D eigenvalue weighted by Crippen LogP contribution is -2.29. The quantitative estimate of drug-likeness (QED) is 0.811. The summed E-state index contributed by atoms with van der Waals surface area (Å²) in [5, 5.41) is 0.788. The van der Waals surface area contributed by atoms with Crippen LogP contribution in [-0.2, 0) is 15.9 Å². The van der Waals surface area contributed by atoms with Crippen LogP contribution in [0.2, 0.25) is 0 Å². The minimum Gasteiger partial charge on any atom is -0.207 e. The highest BCUT2D eigenvalue weighted by atomic mass is 35.5. The van der Waals surface area contributed by atoms with Crippen molar-refractivity contribution in [2.24, 2.45) is 0 Å². The van der Waals surface area contributed by atoms with Crippen LogP contribution in [0.1, 0.15) is 17.7 Å². The van der Waals surface area contributed by atoms with E-state index in [1.54, 1.807) is 7.05 Å². The van der Waals surface area contributed by atoms with Crippen LogP contribution in [0, 0.1) is 0 Å². The van der Waals surface area contributed by atoms with Gasteiger partial charge in [-0.1, -0.05) is 18.2 Å². The SMILES string of the molecule is CN(C1CC1)S(=O)(=O)c1c(CCl)sc2ccccc12. The van der Waals surface area contributed by atoms with Crippen molar-refractivity contribution in [3.8, 4) is 0 Å². The highest BCUT2D eigenvalue weighted by Gasteiger charge is 2.37. The van der Waals surface area contributed by atoms with Crippen molar-refractivity contribution in [3.05, 3.63) is 29.1 Å². The van der Waals surface area contributed by atoms with Crippen molar-refractivity contribution in [1.82, 2.24) is 4.31 Å². The van der Waals surface area contributed by atoms with Gasteiger partial charge in [-0.2, -0.15) is 4.31 Å². The molecule has 1 aromatic carbocycles. The molecule has 19 heavy (non-hydrogen) atoms. The maximum absolute atomic E-state index is 12.7. The highest BCUT2D eigenvalue weighted by Crippen LogP contribution is 2.39. The van der Waals surface area contributed by atoms with E-state index >= 15 is 0 Å². The van der Waals surface area contributed by atoms with Gasteiger partial charge >= 0.3 is 0 Å². The largest absolute Gasteiger partial charge is 0.244 e. The summed E-state index contributed by atoms with van der Waals surface area (Å²) < 4.78 is 28.0. The first-order chi connectivity index (χ1) is 9.05. The number of rotatable bonds is 4. The van der Waals surface area contributed by atoms with Gasteiger partial charge in [0.15, 0.2) is 0 Å². The molecule has 0 aliphatic heterocycles. The Labute approximate surface area is 121 Å². The first-order valence-electron chi connectivity index (χ1n) is 6.10. The normalized spacial score (nSPS) is 16.4. The molecule has 1 aromatic heterocycles. The standard InChI is InChI=1S/C13H14ClNO2S2/c1-15(9-6-7-9)19(16,17)13-10-4-2-3-5-11(10)18-12(13)8-14/h2-5,9H,6-8H2,1H3. The summed E-state index contributed by atoms with van der Waals surface area (Å²) in [5.41, 5.74) is 0. The molecule has 3 rings (SSSR count). The third-order valence-corrected chi connectivity index (χ3v) is 7.20. The van der Waals surface area contributed by atoms with Crippen LogP contribution in [0.3, 0.4) is 0 Å². The minimum atomic E-state index is -3.44. The van der Waals surface area contributed by atoms with Crippen LogP contribution in [0.4, 0.5) is 0 Å². The number of hydrogen-bond donors (Lipinski definition) is 0. The van der Waals surface area contributed by atoms with Gasteiger partial charge < -0.3 is 0 Å². The molecular formula is C13H14ClNO2S2. The molecule has 0 amide bonds. The molecule has 0 atom stereocenters. The molecular weight excluding hydrogens is 302 g/mol. The van der Waals surface area contributed by atoms with Crippen molar-refractivity contribution >= 4 is 43.0 Å². The monoisotopic (exact) mass is 315 g/mol. The number of halogens is 1. The van der Waals surface area contributed by atoms with E-state index in [2.05, 4.69) is 0 Å². The number of thiophene rings is 1. The molecule has 0 unspecified atom stereocenters. The predicted octanol–water partition coefficient (Wildman–Crippen LogP) is 3.42. The van der Waals surface area contributed by atoms with Gasteiger partial charge in [0.05, 0.1) is 5.88 Å². The predicted molar refractivity (Wildman–Crippen MR) is 79.4 cm³/mol. The Bertz CT molecular complexity index is 719. The van der Waals surface area contributed by atoms with Gasteiger partial charge in [0, 0.05) is 28.1 Å². The summed E-state index contributed by atoms with van der Waals surface area (Å²) >= 11 is 7.40. The van der Waals surface area contributed by atoms with E-state index in [0.717, 1.165) is 27.8 Å². The fourth-order valence-electron chi connectivity index (χ4n) is 2.22. The lowest BCUT2D eigenvalue weighted by Gasteiger charge is -2.16. The van der Waals surface area contributed by atoms with Crippen LogP contribution in [-0.4, -0.2) is 25.8 Å².